The summed E-state index contributed by atoms with van der Waals surface area (Å²) in [5.41, 5.74) is -0.311. The van der Waals surface area contributed by atoms with Crippen molar-refractivity contribution in [3.05, 3.63) is 35.4 Å². The van der Waals surface area contributed by atoms with Crippen molar-refractivity contribution in [2.45, 2.75) is 32.7 Å². The molecule has 0 saturated carbocycles. The highest BCUT2D eigenvalue weighted by Crippen LogP contribution is 2.29. The predicted octanol–water partition coefficient (Wildman–Crippen LogP) is 3.11. The Hall–Kier alpha value is -1.60. The molecule has 1 rings (SSSR count). The average molecular weight is 333 g/mol. The summed E-state index contributed by atoms with van der Waals surface area (Å²) in [6.45, 7) is 4.81. The van der Waals surface area contributed by atoms with Crippen molar-refractivity contribution in [2.24, 2.45) is 0 Å². The lowest BCUT2D eigenvalue weighted by atomic mass is 10.1. The number of likely N-dealkylation sites (N-methyl/N-ethyl adjacent to an activating group) is 1. The summed E-state index contributed by atoms with van der Waals surface area (Å²) in [5.74, 6) is -0.293. The van der Waals surface area contributed by atoms with E-state index in [2.05, 4.69) is 0 Å². The first-order valence-electron chi connectivity index (χ1n) is 7.36. The van der Waals surface area contributed by atoms with Gasteiger partial charge in [0, 0.05) is 20.2 Å². The molecule has 0 heterocycles. The molecule has 7 heteroatoms. The van der Waals surface area contributed by atoms with E-state index in [0.29, 0.717) is 18.8 Å². The summed E-state index contributed by atoms with van der Waals surface area (Å²) < 4.78 is 48.5. The number of alkyl halides is 3. The fourth-order valence-electron chi connectivity index (χ4n) is 2.01. The summed E-state index contributed by atoms with van der Waals surface area (Å²) in [6, 6.07) is 4.94. The number of ether oxygens (including phenoxy) is 2. The van der Waals surface area contributed by atoms with Crippen LogP contribution in [0.15, 0.2) is 24.3 Å². The first kappa shape index (κ1) is 19.4. The molecular weight excluding hydrogens is 311 g/mol. The summed E-state index contributed by atoms with van der Waals surface area (Å²) in [5, 5.41) is 0. The van der Waals surface area contributed by atoms with Gasteiger partial charge in [-0.15, -0.1) is 0 Å². The molecule has 1 aromatic carbocycles. The quantitative estimate of drug-likeness (QED) is 0.686. The lowest BCUT2D eigenvalue weighted by molar-refractivity contribution is -0.142. The second-order valence-corrected chi connectivity index (χ2v) is 5.10. The molecule has 23 heavy (non-hydrogen) atoms. The van der Waals surface area contributed by atoms with Crippen LogP contribution in [0.2, 0.25) is 0 Å². The van der Waals surface area contributed by atoms with Gasteiger partial charge in [0.15, 0.2) is 0 Å². The van der Waals surface area contributed by atoms with Crippen molar-refractivity contribution in [3.63, 3.8) is 0 Å². The molecule has 4 nitrogen and oxygen atoms in total. The van der Waals surface area contributed by atoms with E-state index in [9.17, 15) is 18.0 Å². The summed E-state index contributed by atoms with van der Waals surface area (Å²) >= 11 is 0. The van der Waals surface area contributed by atoms with Gasteiger partial charge in [0.05, 0.1) is 18.8 Å². The predicted molar refractivity (Wildman–Crippen MR) is 79.8 cm³/mol. The fourth-order valence-corrected chi connectivity index (χ4v) is 2.01. The van der Waals surface area contributed by atoms with Crippen LogP contribution in [0.25, 0.3) is 0 Å². The molecule has 1 aromatic rings. The number of rotatable bonds is 8. The largest absolute Gasteiger partial charge is 0.416 e. The SMILES string of the molecule is CCOCCO[C@H](C)C(=O)N(C)Cc1cccc(C(F)(F)F)c1. The Morgan fingerprint density at radius 2 is 2.00 bits per heavy atom. The van der Waals surface area contributed by atoms with Crippen LogP contribution in [-0.2, 0) is 27.0 Å². The number of amides is 1. The number of carbonyl (C=O) groups is 1. The summed E-state index contributed by atoms with van der Waals surface area (Å²) in [7, 11) is 1.53. The van der Waals surface area contributed by atoms with Crippen molar-refractivity contribution in [2.75, 3.05) is 26.9 Å². The second kappa shape index (κ2) is 8.88. The second-order valence-electron chi connectivity index (χ2n) is 5.10. The van der Waals surface area contributed by atoms with Crippen molar-refractivity contribution in [3.8, 4) is 0 Å². The highest BCUT2D eigenvalue weighted by Gasteiger charge is 2.30. The van der Waals surface area contributed by atoms with Gasteiger partial charge in [-0.25, -0.2) is 0 Å². The molecule has 0 fully saturated rings. The molecule has 0 spiro atoms. The minimum atomic E-state index is -4.39. The molecule has 130 valence electrons. The van der Waals surface area contributed by atoms with Crippen LogP contribution in [0.3, 0.4) is 0 Å². The number of hydrogen-bond acceptors (Lipinski definition) is 3. The standard InChI is InChI=1S/C16H22F3NO3/c1-4-22-8-9-23-12(2)15(21)20(3)11-13-6-5-7-14(10-13)16(17,18)19/h5-7,10,12H,4,8-9,11H2,1-3H3/t12-/m1/s1. The average Bonchev–Trinajstić information content (AvgIpc) is 2.50. The summed E-state index contributed by atoms with van der Waals surface area (Å²) in [6.07, 6.45) is -5.07. The van der Waals surface area contributed by atoms with Gasteiger partial charge in [-0.3, -0.25) is 4.79 Å². The Balaban J connectivity index is 2.58. The fraction of sp³-hybridized carbons (Fsp3) is 0.562. The van der Waals surface area contributed by atoms with Crippen LogP contribution in [0, 0.1) is 0 Å². The van der Waals surface area contributed by atoms with E-state index in [-0.39, 0.29) is 19.1 Å². The first-order valence-corrected chi connectivity index (χ1v) is 7.36. The maximum absolute atomic E-state index is 12.7. The van der Waals surface area contributed by atoms with Gasteiger partial charge in [0.1, 0.15) is 6.10 Å². The van der Waals surface area contributed by atoms with Gasteiger partial charge in [0.2, 0.25) is 0 Å². The highest BCUT2D eigenvalue weighted by atomic mass is 19.4. The minimum absolute atomic E-state index is 0.0852. The molecular formula is C16H22F3NO3. The third-order valence-electron chi connectivity index (χ3n) is 3.20. The smallest absolute Gasteiger partial charge is 0.379 e. The molecule has 0 aliphatic rings. The molecule has 0 saturated heterocycles. The lowest BCUT2D eigenvalue weighted by Gasteiger charge is -2.22. The molecule has 0 bridgehead atoms. The van der Waals surface area contributed by atoms with Crippen LogP contribution in [0.4, 0.5) is 13.2 Å². The van der Waals surface area contributed by atoms with Crippen LogP contribution in [0.5, 0.6) is 0 Å². The Morgan fingerprint density at radius 1 is 1.30 bits per heavy atom. The molecule has 0 N–H and O–H groups in total. The molecule has 0 unspecified atom stereocenters. The van der Waals surface area contributed by atoms with E-state index < -0.39 is 17.8 Å². The molecule has 0 radical (unpaired) electrons. The van der Waals surface area contributed by atoms with E-state index in [0.717, 1.165) is 12.1 Å². The zero-order valence-corrected chi connectivity index (χ0v) is 13.5. The maximum Gasteiger partial charge on any atom is 0.416 e. The van der Waals surface area contributed by atoms with Crippen molar-refractivity contribution in [1.82, 2.24) is 4.90 Å². The van der Waals surface area contributed by atoms with Crippen LogP contribution < -0.4 is 0 Å². The zero-order valence-electron chi connectivity index (χ0n) is 13.5. The third-order valence-corrected chi connectivity index (χ3v) is 3.20. The van der Waals surface area contributed by atoms with Crippen LogP contribution in [0.1, 0.15) is 25.0 Å². The minimum Gasteiger partial charge on any atom is -0.379 e. The molecule has 1 atom stereocenters. The van der Waals surface area contributed by atoms with Gasteiger partial charge in [-0.2, -0.15) is 13.2 Å². The van der Waals surface area contributed by atoms with E-state index in [4.69, 9.17) is 9.47 Å². The van der Waals surface area contributed by atoms with Crippen molar-refractivity contribution < 1.29 is 27.4 Å². The van der Waals surface area contributed by atoms with Crippen molar-refractivity contribution in [1.29, 1.82) is 0 Å². The number of halogens is 3. The van der Waals surface area contributed by atoms with E-state index in [1.807, 2.05) is 6.92 Å². The molecule has 0 aromatic heterocycles. The first-order chi connectivity index (χ1) is 10.8. The van der Waals surface area contributed by atoms with E-state index in [1.54, 1.807) is 13.0 Å². The van der Waals surface area contributed by atoms with Crippen molar-refractivity contribution >= 4 is 5.91 Å². The van der Waals surface area contributed by atoms with Crippen LogP contribution >= 0.6 is 0 Å². The topological polar surface area (TPSA) is 38.8 Å². The Kier molecular flexibility index (Phi) is 7.51. The number of carbonyl (C=O) groups excluding carboxylic acids is 1. The third kappa shape index (κ3) is 6.58. The Morgan fingerprint density at radius 3 is 2.61 bits per heavy atom. The molecule has 1 amide bonds. The monoisotopic (exact) mass is 333 g/mol. The zero-order chi connectivity index (χ0) is 17.5. The lowest BCUT2D eigenvalue weighted by Crippen LogP contribution is -2.36. The van der Waals surface area contributed by atoms with E-state index >= 15 is 0 Å². The number of nitrogens with zero attached hydrogens (tertiary/aromatic N) is 1. The Labute approximate surface area is 134 Å². The van der Waals surface area contributed by atoms with Crippen LogP contribution in [-0.4, -0.2) is 43.8 Å². The van der Waals surface area contributed by atoms with Gasteiger partial charge in [0.25, 0.3) is 5.91 Å². The molecule has 0 aliphatic heterocycles. The van der Waals surface area contributed by atoms with E-state index in [1.165, 1.54) is 18.0 Å². The van der Waals surface area contributed by atoms with Gasteiger partial charge >= 0.3 is 6.18 Å². The molecule has 0 aliphatic carbocycles. The number of benzene rings is 1. The summed E-state index contributed by atoms with van der Waals surface area (Å²) in [4.78, 5) is 13.5. The maximum atomic E-state index is 12.7. The van der Waals surface area contributed by atoms with Gasteiger partial charge in [-0.1, -0.05) is 12.1 Å². The number of hydrogen-bond donors (Lipinski definition) is 0. The highest BCUT2D eigenvalue weighted by molar-refractivity contribution is 5.80. The van der Waals surface area contributed by atoms with Gasteiger partial charge in [-0.05, 0) is 31.5 Å². The van der Waals surface area contributed by atoms with Gasteiger partial charge < -0.3 is 14.4 Å². The normalized spacial score (nSPS) is 13.0. The Bertz CT molecular complexity index is 506.